The first-order valence-corrected chi connectivity index (χ1v) is 7.63. The van der Waals surface area contributed by atoms with Gasteiger partial charge in [0.2, 0.25) is 0 Å². The van der Waals surface area contributed by atoms with Crippen LogP contribution in [0.3, 0.4) is 0 Å². The maximum atomic E-state index is 7.42. The zero-order chi connectivity index (χ0) is 13.1. The standard InChI is InChI=1S/C11H11BrN4S2/c1-2-9-15-11(18-16-9)17-6-3-4-7(10(13)14)8(12)5-6/h3-5H,2H2,1H3,(H3,13,14). The van der Waals surface area contributed by atoms with Crippen molar-refractivity contribution in [2.24, 2.45) is 5.73 Å². The van der Waals surface area contributed by atoms with Gasteiger partial charge in [-0.2, -0.15) is 4.37 Å². The van der Waals surface area contributed by atoms with Crippen molar-refractivity contribution in [1.29, 1.82) is 5.41 Å². The van der Waals surface area contributed by atoms with Crippen LogP contribution in [0.4, 0.5) is 0 Å². The first-order chi connectivity index (χ1) is 8.60. The van der Waals surface area contributed by atoms with Crippen molar-refractivity contribution >= 4 is 45.1 Å². The number of nitrogens with two attached hydrogens (primary N) is 1. The molecule has 0 unspecified atom stereocenters. The summed E-state index contributed by atoms with van der Waals surface area (Å²) in [5.74, 6) is 0.935. The minimum atomic E-state index is 0.0580. The smallest absolute Gasteiger partial charge is 0.174 e. The van der Waals surface area contributed by atoms with E-state index >= 15 is 0 Å². The van der Waals surface area contributed by atoms with Gasteiger partial charge in [0.15, 0.2) is 4.34 Å². The number of halogens is 1. The lowest BCUT2D eigenvalue weighted by Crippen LogP contribution is -2.11. The normalized spacial score (nSPS) is 10.6. The molecule has 4 nitrogen and oxygen atoms in total. The van der Waals surface area contributed by atoms with Gasteiger partial charge in [0.05, 0.1) is 0 Å². The summed E-state index contributed by atoms with van der Waals surface area (Å²) < 4.78 is 5.99. The number of hydrogen-bond donors (Lipinski definition) is 2. The van der Waals surface area contributed by atoms with Gasteiger partial charge in [0.25, 0.3) is 0 Å². The average Bonchev–Trinajstić information content (AvgIpc) is 2.76. The molecule has 7 heteroatoms. The molecule has 0 spiro atoms. The van der Waals surface area contributed by atoms with E-state index in [0.29, 0.717) is 5.56 Å². The van der Waals surface area contributed by atoms with Crippen LogP contribution in [0.15, 0.2) is 31.9 Å². The molecule has 0 aliphatic rings. The maximum absolute atomic E-state index is 7.42. The van der Waals surface area contributed by atoms with Gasteiger partial charge in [-0.1, -0.05) is 18.7 Å². The number of benzene rings is 1. The molecule has 1 aromatic heterocycles. The molecule has 18 heavy (non-hydrogen) atoms. The number of aromatic nitrogens is 2. The molecule has 0 saturated carbocycles. The van der Waals surface area contributed by atoms with Crippen LogP contribution < -0.4 is 5.73 Å². The molecule has 0 atom stereocenters. The Kier molecular flexibility index (Phi) is 4.36. The predicted octanol–water partition coefficient (Wildman–Crippen LogP) is 3.30. The maximum Gasteiger partial charge on any atom is 0.174 e. The summed E-state index contributed by atoms with van der Waals surface area (Å²) in [6.07, 6.45) is 0.851. The van der Waals surface area contributed by atoms with Crippen molar-refractivity contribution in [3.8, 4) is 0 Å². The van der Waals surface area contributed by atoms with Gasteiger partial charge in [0, 0.05) is 21.4 Å². The third-order valence-corrected chi connectivity index (χ3v) is 4.64. The molecular formula is C11H11BrN4S2. The van der Waals surface area contributed by atoms with Gasteiger partial charge in [-0.25, -0.2) is 4.98 Å². The fourth-order valence-electron chi connectivity index (χ4n) is 1.30. The molecule has 0 amide bonds. The van der Waals surface area contributed by atoms with E-state index < -0.39 is 0 Å². The minimum Gasteiger partial charge on any atom is -0.384 e. The number of aryl methyl sites for hydroxylation is 1. The third kappa shape index (κ3) is 3.09. The Morgan fingerprint density at radius 3 is 2.89 bits per heavy atom. The fourth-order valence-corrected chi connectivity index (χ4v) is 3.76. The van der Waals surface area contributed by atoms with E-state index in [1.54, 1.807) is 11.8 Å². The number of hydrogen-bond acceptors (Lipinski definition) is 5. The number of nitrogens with zero attached hydrogens (tertiary/aromatic N) is 2. The molecule has 1 heterocycles. The van der Waals surface area contributed by atoms with Crippen LogP contribution in [-0.2, 0) is 6.42 Å². The van der Waals surface area contributed by atoms with Crippen molar-refractivity contribution in [3.05, 3.63) is 34.1 Å². The molecule has 0 saturated heterocycles. The monoisotopic (exact) mass is 342 g/mol. The highest BCUT2D eigenvalue weighted by molar-refractivity contribution is 9.10. The van der Waals surface area contributed by atoms with E-state index in [1.807, 2.05) is 25.1 Å². The summed E-state index contributed by atoms with van der Waals surface area (Å²) in [7, 11) is 0. The van der Waals surface area contributed by atoms with Crippen molar-refractivity contribution in [2.45, 2.75) is 22.6 Å². The van der Waals surface area contributed by atoms with Gasteiger partial charge < -0.3 is 5.73 Å². The number of amidine groups is 1. The summed E-state index contributed by atoms with van der Waals surface area (Å²) in [5, 5.41) is 7.42. The lowest BCUT2D eigenvalue weighted by molar-refractivity contribution is 0.971. The lowest BCUT2D eigenvalue weighted by atomic mass is 10.2. The van der Waals surface area contributed by atoms with Crippen LogP contribution in [0, 0.1) is 5.41 Å². The van der Waals surface area contributed by atoms with E-state index in [4.69, 9.17) is 11.1 Å². The number of nitrogens with one attached hydrogen (secondary N) is 1. The number of nitrogen functional groups attached to an aromatic ring is 1. The van der Waals surface area contributed by atoms with Crippen LogP contribution in [0.2, 0.25) is 0 Å². The van der Waals surface area contributed by atoms with Crippen LogP contribution >= 0.6 is 39.2 Å². The fraction of sp³-hybridized carbons (Fsp3) is 0.182. The second-order valence-corrected chi connectivity index (χ2v) is 6.41. The quantitative estimate of drug-likeness (QED) is 0.660. The average molecular weight is 343 g/mol. The van der Waals surface area contributed by atoms with Crippen molar-refractivity contribution < 1.29 is 0 Å². The minimum absolute atomic E-state index is 0.0580. The van der Waals surface area contributed by atoms with Crippen molar-refractivity contribution in [3.63, 3.8) is 0 Å². The van der Waals surface area contributed by atoms with E-state index in [1.165, 1.54) is 11.5 Å². The Bertz CT molecular complexity index is 582. The zero-order valence-corrected chi connectivity index (χ0v) is 12.8. The van der Waals surface area contributed by atoms with Crippen LogP contribution in [0.1, 0.15) is 18.3 Å². The second-order valence-electron chi connectivity index (χ2n) is 3.49. The molecular weight excluding hydrogens is 332 g/mol. The summed E-state index contributed by atoms with van der Waals surface area (Å²) in [6.45, 7) is 2.04. The van der Waals surface area contributed by atoms with Gasteiger partial charge >= 0.3 is 0 Å². The van der Waals surface area contributed by atoms with E-state index in [9.17, 15) is 0 Å². The SMILES string of the molecule is CCc1nsc(Sc2ccc(C(=N)N)c(Br)c2)n1. The van der Waals surface area contributed by atoms with Crippen molar-refractivity contribution in [1.82, 2.24) is 9.36 Å². The first kappa shape index (κ1) is 13.5. The predicted molar refractivity (Wildman–Crippen MR) is 78.6 cm³/mol. The molecule has 0 fully saturated rings. The lowest BCUT2D eigenvalue weighted by Gasteiger charge is -2.04. The van der Waals surface area contributed by atoms with E-state index in [-0.39, 0.29) is 5.84 Å². The highest BCUT2D eigenvalue weighted by Gasteiger charge is 2.08. The van der Waals surface area contributed by atoms with Crippen LogP contribution in [0.25, 0.3) is 0 Å². The highest BCUT2D eigenvalue weighted by atomic mass is 79.9. The van der Waals surface area contributed by atoms with Crippen LogP contribution in [0.5, 0.6) is 0 Å². The molecule has 94 valence electrons. The summed E-state index contributed by atoms with van der Waals surface area (Å²) in [4.78, 5) is 5.45. The van der Waals surface area contributed by atoms with Gasteiger partial charge in [-0.3, -0.25) is 5.41 Å². The summed E-state index contributed by atoms with van der Waals surface area (Å²) in [5.41, 5.74) is 6.16. The topological polar surface area (TPSA) is 75.7 Å². The molecule has 2 aromatic rings. The van der Waals surface area contributed by atoms with Crippen molar-refractivity contribution in [2.75, 3.05) is 0 Å². The number of rotatable bonds is 4. The van der Waals surface area contributed by atoms with Crippen LogP contribution in [-0.4, -0.2) is 15.2 Å². The van der Waals surface area contributed by atoms with E-state index in [0.717, 1.165) is 26.0 Å². The molecule has 0 radical (unpaired) electrons. The largest absolute Gasteiger partial charge is 0.384 e. The molecule has 1 aromatic carbocycles. The van der Waals surface area contributed by atoms with E-state index in [2.05, 4.69) is 25.3 Å². The molecule has 0 aliphatic heterocycles. The Labute approximate surface area is 122 Å². The Hall–Kier alpha value is -0.920. The summed E-state index contributed by atoms with van der Waals surface area (Å²) in [6, 6.07) is 5.70. The van der Waals surface area contributed by atoms with Gasteiger partial charge in [0.1, 0.15) is 11.7 Å². The third-order valence-electron chi connectivity index (χ3n) is 2.20. The Morgan fingerprint density at radius 2 is 2.33 bits per heavy atom. The molecule has 0 bridgehead atoms. The molecule has 3 N–H and O–H groups in total. The van der Waals surface area contributed by atoms with Gasteiger partial charge in [-0.15, -0.1) is 0 Å². The first-order valence-electron chi connectivity index (χ1n) is 5.24. The molecule has 2 rings (SSSR count). The van der Waals surface area contributed by atoms with Gasteiger partial charge in [-0.05, 0) is 45.7 Å². The Balaban J connectivity index is 2.19. The zero-order valence-electron chi connectivity index (χ0n) is 9.61. The summed E-state index contributed by atoms with van der Waals surface area (Å²) >= 11 is 6.38. The highest BCUT2D eigenvalue weighted by Crippen LogP contribution is 2.31. The molecule has 0 aliphatic carbocycles. The second kappa shape index (κ2) is 5.81. The Morgan fingerprint density at radius 1 is 1.56 bits per heavy atom.